The molecule has 2 aromatic carbocycles. The summed E-state index contributed by atoms with van der Waals surface area (Å²) in [5.41, 5.74) is 1.33. The number of anilines is 1. The van der Waals surface area contributed by atoms with E-state index in [0.29, 0.717) is 36.2 Å². The van der Waals surface area contributed by atoms with Crippen LogP contribution in [0.1, 0.15) is 25.3 Å². The van der Waals surface area contributed by atoms with Crippen LogP contribution < -0.4 is 14.8 Å². The fourth-order valence-corrected chi connectivity index (χ4v) is 5.20. The van der Waals surface area contributed by atoms with Crippen molar-refractivity contribution in [1.29, 1.82) is 0 Å². The zero-order valence-electron chi connectivity index (χ0n) is 17.6. The standard InChI is InChI=1S/C22H28N2O5S/c1-16-5-4-12-24(15-16)30(26,27)19-9-7-18(8-10-19)23-22(25)14-17-6-11-20(28-2)21(13-17)29-3/h6-11,13,16H,4-5,12,14-15H2,1-3H3,(H,23,25)/t16-/m1/s1. The molecule has 1 N–H and O–H groups in total. The van der Waals surface area contributed by atoms with Gasteiger partial charge in [0.05, 0.1) is 25.5 Å². The molecule has 3 rings (SSSR count). The van der Waals surface area contributed by atoms with Gasteiger partial charge < -0.3 is 14.8 Å². The fraction of sp³-hybridized carbons (Fsp3) is 0.409. The van der Waals surface area contributed by atoms with Crippen molar-refractivity contribution >= 4 is 21.6 Å². The van der Waals surface area contributed by atoms with Crippen molar-refractivity contribution in [2.75, 3.05) is 32.6 Å². The van der Waals surface area contributed by atoms with Crippen LogP contribution in [0.3, 0.4) is 0 Å². The zero-order chi connectivity index (χ0) is 21.7. The molecular formula is C22H28N2O5S. The Morgan fingerprint density at radius 2 is 1.80 bits per heavy atom. The molecule has 0 aromatic heterocycles. The van der Waals surface area contributed by atoms with Gasteiger partial charge in [-0.3, -0.25) is 4.79 Å². The Kier molecular flexibility index (Phi) is 6.99. The average molecular weight is 433 g/mol. The van der Waals surface area contributed by atoms with E-state index < -0.39 is 10.0 Å². The first-order valence-electron chi connectivity index (χ1n) is 9.94. The largest absolute Gasteiger partial charge is 0.493 e. The number of rotatable bonds is 7. The molecule has 1 amide bonds. The predicted octanol–water partition coefficient (Wildman–Crippen LogP) is 3.31. The second-order valence-electron chi connectivity index (χ2n) is 7.55. The molecule has 162 valence electrons. The molecule has 0 bridgehead atoms. The maximum atomic E-state index is 12.8. The van der Waals surface area contributed by atoms with Gasteiger partial charge in [0.2, 0.25) is 15.9 Å². The Morgan fingerprint density at radius 1 is 1.10 bits per heavy atom. The first kappa shape index (κ1) is 22.1. The summed E-state index contributed by atoms with van der Waals surface area (Å²) in [6, 6.07) is 11.6. The molecule has 7 nitrogen and oxygen atoms in total. The highest BCUT2D eigenvalue weighted by atomic mass is 32.2. The molecule has 0 radical (unpaired) electrons. The number of nitrogens with one attached hydrogen (secondary N) is 1. The van der Waals surface area contributed by atoms with Crippen LogP contribution in [0.25, 0.3) is 0 Å². The third-order valence-electron chi connectivity index (χ3n) is 5.21. The Labute approximate surface area is 178 Å². The van der Waals surface area contributed by atoms with Crippen LogP contribution in [0.4, 0.5) is 5.69 Å². The van der Waals surface area contributed by atoms with E-state index in [-0.39, 0.29) is 17.2 Å². The highest BCUT2D eigenvalue weighted by Crippen LogP contribution is 2.28. The highest BCUT2D eigenvalue weighted by molar-refractivity contribution is 7.89. The SMILES string of the molecule is COc1ccc(CC(=O)Nc2ccc(S(=O)(=O)N3CCC[C@@H](C)C3)cc2)cc1OC. The van der Waals surface area contributed by atoms with Crippen LogP contribution in [0.15, 0.2) is 47.4 Å². The fourth-order valence-electron chi connectivity index (χ4n) is 3.61. The van der Waals surface area contributed by atoms with E-state index in [1.165, 1.54) is 0 Å². The number of carbonyl (C=O) groups is 1. The monoisotopic (exact) mass is 432 g/mol. The van der Waals surface area contributed by atoms with E-state index in [1.807, 2.05) is 0 Å². The third-order valence-corrected chi connectivity index (χ3v) is 7.09. The number of benzene rings is 2. The minimum atomic E-state index is -3.51. The molecule has 30 heavy (non-hydrogen) atoms. The molecule has 0 saturated carbocycles. The molecule has 8 heteroatoms. The van der Waals surface area contributed by atoms with E-state index in [9.17, 15) is 13.2 Å². The maximum Gasteiger partial charge on any atom is 0.243 e. The van der Waals surface area contributed by atoms with Crippen LogP contribution >= 0.6 is 0 Å². The molecule has 0 spiro atoms. The lowest BCUT2D eigenvalue weighted by atomic mass is 10.0. The number of carbonyl (C=O) groups excluding carboxylic acids is 1. The normalized spacial score (nSPS) is 17.4. The van der Waals surface area contributed by atoms with Gasteiger partial charge in [-0.15, -0.1) is 0 Å². The topological polar surface area (TPSA) is 84.9 Å². The number of piperidine rings is 1. The molecule has 0 aliphatic carbocycles. The third kappa shape index (κ3) is 5.12. The van der Waals surface area contributed by atoms with Crippen molar-refractivity contribution < 1.29 is 22.7 Å². The first-order chi connectivity index (χ1) is 14.3. The van der Waals surface area contributed by atoms with E-state index in [0.717, 1.165) is 18.4 Å². The Bertz CT molecular complexity index is 989. The molecule has 1 aliphatic rings. The van der Waals surface area contributed by atoms with E-state index in [4.69, 9.17) is 9.47 Å². The molecule has 1 atom stereocenters. The summed E-state index contributed by atoms with van der Waals surface area (Å²) in [5, 5.41) is 2.80. The van der Waals surface area contributed by atoms with Gasteiger partial charge in [-0.05, 0) is 60.7 Å². The van der Waals surface area contributed by atoms with Crippen molar-refractivity contribution in [2.45, 2.75) is 31.1 Å². The van der Waals surface area contributed by atoms with Gasteiger partial charge in [0.15, 0.2) is 11.5 Å². The number of methoxy groups -OCH3 is 2. The molecule has 1 saturated heterocycles. The van der Waals surface area contributed by atoms with Crippen LogP contribution in [0, 0.1) is 5.92 Å². The van der Waals surface area contributed by atoms with E-state index in [1.54, 1.807) is 61.0 Å². The lowest BCUT2D eigenvalue weighted by molar-refractivity contribution is -0.115. The lowest BCUT2D eigenvalue weighted by Crippen LogP contribution is -2.39. The summed E-state index contributed by atoms with van der Waals surface area (Å²) in [6.07, 6.45) is 2.09. The minimum absolute atomic E-state index is 0.159. The zero-order valence-corrected chi connectivity index (χ0v) is 18.4. The smallest absolute Gasteiger partial charge is 0.243 e. The molecule has 1 fully saturated rings. The van der Waals surface area contributed by atoms with Crippen LogP contribution in [0.5, 0.6) is 11.5 Å². The number of ether oxygens (including phenoxy) is 2. The second kappa shape index (κ2) is 9.49. The summed E-state index contributed by atoms with van der Waals surface area (Å²) in [5.74, 6) is 1.32. The van der Waals surface area contributed by atoms with Gasteiger partial charge in [-0.1, -0.05) is 13.0 Å². The number of hydrogen-bond donors (Lipinski definition) is 1. The van der Waals surface area contributed by atoms with Gasteiger partial charge in [0, 0.05) is 18.8 Å². The van der Waals surface area contributed by atoms with Gasteiger partial charge >= 0.3 is 0 Å². The second-order valence-corrected chi connectivity index (χ2v) is 9.49. The van der Waals surface area contributed by atoms with Gasteiger partial charge in [-0.25, -0.2) is 8.42 Å². The van der Waals surface area contributed by atoms with Crippen molar-refractivity contribution in [2.24, 2.45) is 5.92 Å². The summed E-state index contributed by atoms with van der Waals surface area (Å²) < 4.78 is 37.7. The predicted molar refractivity (Wildman–Crippen MR) is 115 cm³/mol. The quantitative estimate of drug-likeness (QED) is 0.726. The Balaban J connectivity index is 1.64. The lowest BCUT2D eigenvalue weighted by Gasteiger charge is -2.30. The van der Waals surface area contributed by atoms with Crippen molar-refractivity contribution in [1.82, 2.24) is 4.31 Å². The first-order valence-corrected chi connectivity index (χ1v) is 11.4. The summed E-state index contributed by atoms with van der Waals surface area (Å²) in [4.78, 5) is 12.6. The van der Waals surface area contributed by atoms with Crippen molar-refractivity contribution in [3.05, 3.63) is 48.0 Å². The molecular weight excluding hydrogens is 404 g/mol. The van der Waals surface area contributed by atoms with Gasteiger partial charge in [0.25, 0.3) is 0 Å². The molecule has 0 unspecified atom stereocenters. The molecule has 1 aliphatic heterocycles. The maximum absolute atomic E-state index is 12.8. The van der Waals surface area contributed by atoms with Crippen molar-refractivity contribution in [3.8, 4) is 11.5 Å². The number of hydrogen-bond acceptors (Lipinski definition) is 5. The van der Waals surface area contributed by atoms with Gasteiger partial charge in [0.1, 0.15) is 0 Å². The van der Waals surface area contributed by atoms with E-state index in [2.05, 4.69) is 12.2 Å². The van der Waals surface area contributed by atoms with Crippen molar-refractivity contribution in [3.63, 3.8) is 0 Å². The number of sulfonamides is 1. The average Bonchev–Trinajstić information content (AvgIpc) is 2.74. The van der Waals surface area contributed by atoms with E-state index >= 15 is 0 Å². The van der Waals surface area contributed by atoms with Crippen LogP contribution in [-0.2, 0) is 21.2 Å². The van der Waals surface area contributed by atoms with Crippen LogP contribution in [0.2, 0.25) is 0 Å². The minimum Gasteiger partial charge on any atom is -0.493 e. The number of nitrogens with zero attached hydrogens (tertiary/aromatic N) is 1. The molecule has 1 heterocycles. The summed E-state index contributed by atoms with van der Waals surface area (Å²) in [6.45, 7) is 3.17. The number of amides is 1. The van der Waals surface area contributed by atoms with Crippen LogP contribution in [-0.4, -0.2) is 45.9 Å². The molecule has 2 aromatic rings. The Morgan fingerprint density at radius 3 is 2.43 bits per heavy atom. The Hall–Kier alpha value is -2.58. The highest BCUT2D eigenvalue weighted by Gasteiger charge is 2.28. The summed E-state index contributed by atoms with van der Waals surface area (Å²) >= 11 is 0. The summed E-state index contributed by atoms with van der Waals surface area (Å²) in [7, 11) is -0.409. The van der Waals surface area contributed by atoms with Gasteiger partial charge in [-0.2, -0.15) is 4.31 Å².